The molecule has 5 aliphatic heterocycles. The van der Waals surface area contributed by atoms with E-state index in [-0.39, 0.29) is 37.0 Å². The minimum Gasteiger partial charge on any atom is -0.472 e. The van der Waals surface area contributed by atoms with Crippen molar-refractivity contribution >= 4 is 0 Å². The highest BCUT2D eigenvalue weighted by atomic mass is 16.8. The largest absolute Gasteiger partial charge is 0.472 e. The molecule has 0 unspecified atom stereocenters. The summed E-state index contributed by atoms with van der Waals surface area (Å²) in [4.78, 5) is 0. The summed E-state index contributed by atoms with van der Waals surface area (Å²) in [7, 11) is 0. The Morgan fingerprint density at radius 1 is 0.588 bits per heavy atom. The normalized spacial score (nSPS) is 60.7. The van der Waals surface area contributed by atoms with E-state index in [1.165, 1.54) is 0 Å². The Morgan fingerprint density at radius 3 is 1.59 bits per heavy atom. The lowest BCUT2D eigenvalue weighted by Crippen LogP contribution is -2.28. The Morgan fingerprint density at radius 2 is 1.06 bits per heavy atom. The van der Waals surface area contributed by atoms with Crippen molar-refractivity contribution in [2.24, 2.45) is 23.7 Å². The lowest BCUT2D eigenvalue weighted by Gasteiger charge is -2.20. The van der Waals surface area contributed by atoms with Gasteiger partial charge in [-0.2, -0.15) is 0 Å². The highest BCUT2D eigenvalue weighted by Crippen LogP contribution is 2.56. The zero-order valence-electron chi connectivity index (χ0n) is 8.97. The Kier molecular flexibility index (Phi) is 1.51. The fourth-order valence-corrected chi connectivity index (χ4v) is 3.72. The number of rotatable bonds is 0. The molecular weight excluding hydrogens is 224 g/mol. The maximum atomic E-state index is 5.81. The molecule has 0 saturated carbocycles. The van der Waals surface area contributed by atoms with Gasteiger partial charge in [0.05, 0.1) is 24.4 Å². The van der Waals surface area contributed by atoms with E-state index in [2.05, 4.69) is 12.2 Å². The molecule has 0 aromatic heterocycles. The summed E-state index contributed by atoms with van der Waals surface area (Å²) in [6.45, 7) is 0. The molecule has 5 heteroatoms. The van der Waals surface area contributed by atoms with Gasteiger partial charge in [0, 0.05) is 11.8 Å². The van der Waals surface area contributed by atoms with E-state index in [0.29, 0.717) is 11.8 Å². The molecule has 0 spiro atoms. The fourth-order valence-electron chi connectivity index (χ4n) is 3.72. The lowest BCUT2D eigenvalue weighted by atomic mass is 9.78. The second-order valence-electron chi connectivity index (χ2n) is 5.12. The van der Waals surface area contributed by atoms with Crippen LogP contribution in [0.25, 0.3) is 0 Å². The third-order valence-electron chi connectivity index (χ3n) is 4.42. The molecule has 17 heavy (non-hydrogen) atoms. The van der Waals surface area contributed by atoms with E-state index in [4.69, 9.17) is 23.7 Å². The van der Waals surface area contributed by atoms with Crippen molar-refractivity contribution in [3.8, 4) is 0 Å². The number of ether oxygens (including phenoxy) is 5. The molecule has 0 bridgehead atoms. The third kappa shape index (κ3) is 0.968. The number of hydrogen-bond acceptors (Lipinski definition) is 5. The average Bonchev–Trinajstić information content (AvgIpc) is 2.95. The molecule has 5 heterocycles. The van der Waals surface area contributed by atoms with Crippen LogP contribution in [0.5, 0.6) is 0 Å². The zero-order valence-corrected chi connectivity index (χ0v) is 8.97. The van der Waals surface area contributed by atoms with Gasteiger partial charge >= 0.3 is 0 Å². The van der Waals surface area contributed by atoms with Gasteiger partial charge < -0.3 is 23.7 Å². The number of fused-ring (bicyclic) bond motifs is 7. The molecule has 5 aliphatic rings. The molecule has 0 aromatic rings. The molecule has 0 aliphatic carbocycles. The summed E-state index contributed by atoms with van der Waals surface area (Å²) < 4.78 is 28.1. The summed E-state index contributed by atoms with van der Waals surface area (Å²) in [6.07, 6.45) is 6.88. The lowest BCUT2D eigenvalue weighted by molar-refractivity contribution is -0.254. The molecule has 0 radical (unpaired) electrons. The maximum Gasteiger partial charge on any atom is 0.208 e. The summed E-state index contributed by atoms with van der Waals surface area (Å²) in [5, 5.41) is 0. The SMILES string of the molecule is C1=C[C@H]2[C@@H](O1)O[C@@H]1O[C@H]3O[C@@H]4OC=C[C@@H]4[C@H]3[C@@H]12. The van der Waals surface area contributed by atoms with Crippen molar-refractivity contribution in [3.05, 3.63) is 24.7 Å². The highest BCUT2D eigenvalue weighted by molar-refractivity contribution is 5.11. The molecule has 0 aromatic carbocycles. The first kappa shape index (κ1) is 8.97. The van der Waals surface area contributed by atoms with Gasteiger partial charge in [-0.25, -0.2) is 0 Å². The molecule has 90 valence electrons. The second-order valence-corrected chi connectivity index (χ2v) is 5.12. The highest BCUT2D eigenvalue weighted by Gasteiger charge is 2.64. The van der Waals surface area contributed by atoms with Gasteiger partial charge in [0.2, 0.25) is 12.6 Å². The van der Waals surface area contributed by atoms with Crippen molar-refractivity contribution in [2.45, 2.75) is 25.2 Å². The van der Waals surface area contributed by atoms with E-state index in [0.717, 1.165) is 0 Å². The van der Waals surface area contributed by atoms with E-state index < -0.39 is 0 Å². The van der Waals surface area contributed by atoms with Crippen LogP contribution >= 0.6 is 0 Å². The van der Waals surface area contributed by atoms with Crippen LogP contribution in [0.4, 0.5) is 0 Å². The quantitative estimate of drug-likeness (QED) is 0.626. The smallest absolute Gasteiger partial charge is 0.208 e. The van der Waals surface area contributed by atoms with Crippen LogP contribution in [0.3, 0.4) is 0 Å². The first-order valence-electron chi connectivity index (χ1n) is 6.02. The standard InChI is InChI=1S/C12H12O5/c1-3-13-9-5(1)7-8-6-2-4-14-10(6)16-12(8)17-11(7)15-9/h1-12H/t5-,6-,7+,8+,9+,10+,11-,12-/m1/s1. The summed E-state index contributed by atoms with van der Waals surface area (Å²) in [6, 6.07) is 0. The Labute approximate surface area is 97.9 Å². The van der Waals surface area contributed by atoms with Gasteiger partial charge in [-0.3, -0.25) is 0 Å². The maximum absolute atomic E-state index is 5.81. The van der Waals surface area contributed by atoms with Gasteiger partial charge in [-0.1, -0.05) is 0 Å². The zero-order chi connectivity index (χ0) is 11.0. The summed E-state index contributed by atoms with van der Waals surface area (Å²) >= 11 is 0. The van der Waals surface area contributed by atoms with Crippen molar-refractivity contribution in [1.29, 1.82) is 0 Å². The van der Waals surface area contributed by atoms with Crippen molar-refractivity contribution in [3.63, 3.8) is 0 Å². The molecule has 5 rings (SSSR count). The van der Waals surface area contributed by atoms with Crippen molar-refractivity contribution in [2.75, 3.05) is 0 Å². The van der Waals surface area contributed by atoms with Gasteiger partial charge in [0.25, 0.3) is 0 Å². The third-order valence-corrected chi connectivity index (χ3v) is 4.42. The predicted octanol–water partition coefficient (Wildman–Crippen LogP) is 0.934. The van der Waals surface area contributed by atoms with Crippen LogP contribution in [0.15, 0.2) is 24.7 Å². The van der Waals surface area contributed by atoms with Crippen LogP contribution in [-0.4, -0.2) is 25.2 Å². The number of hydrogen-bond donors (Lipinski definition) is 0. The van der Waals surface area contributed by atoms with E-state index in [1.54, 1.807) is 12.5 Å². The molecule has 0 amide bonds. The Bertz CT molecular complexity index is 381. The minimum atomic E-state index is -0.195. The van der Waals surface area contributed by atoms with Crippen LogP contribution in [0.2, 0.25) is 0 Å². The monoisotopic (exact) mass is 236 g/mol. The predicted molar refractivity (Wildman–Crippen MR) is 52.8 cm³/mol. The van der Waals surface area contributed by atoms with Gasteiger partial charge in [0.1, 0.15) is 0 Å². The second kappa shape index (κ2) is 2.85. The Hall–Kier alpha value is -1.04. The molecule has 8 atom stereocenters. The van der Waals surface area contributed by atoms with Crippen LogP contribution in [0, 0.1) is 23.7 Å². The molecule has 0 N–H and O–H groups in total. The summed E-state index contributed by atoms with van der Waals surface area (Å²) in [5.41, 5.74) is 0. The summed E-state index contributed by atoms with van der Waals surface area (Å²) in [5.74, 6) is 1.19. The van der Waals surface area contributed by atoms with E-state index in [9.17, 15) is 0 Å². The van der Waals surface area contributed by atoms with Gasteiger partial charge in [-0.15, -0.1) is 0 Å². The fraction of sp³-hybridized carbons (Fsp3) is 0.667. The van der Waals surface area contributed by atoms with E-state index in [1.807, 2.05) is 0 Å². The van der Waals surface area contributed by atoms with Crippen molar-refractivity contribution < 1.29 is 23.7 Å². The van der Waals surface area contributed by atoms with Gasteiger partial charge in [0.15, 0.2) is 12.6 Å². The topological polar surface area (TPSA) is 46.2 Å². The average molecular weight is 236 g/mol. The van der Waals surface area contributed by atoms with Crippen LogP contribution in [-0.2, 0) is 23.7 Å². The molecule has 5 nitrogen and oxygen atoms in total. The molecule has 3 saturated heterocycles. The first-order chi connectivity index (χ1) is 8.42. The molecule has 3 fully saturated rings. The van der Waals surface area contributed by atoms with Gasteiger partial charge in [-0.05, 0) is 12.2 Å². The minimum absolute atomic E-state index is 0.170. The Balaban J connectivity index is 1.53. The first-order valence-corrected chi connectivity index (χ1v) is 6.02. The van der Waals surface area contributed by atoms with Crippen molar-refractivity contribution in [1.82, 2.24) is 0 Å². The van der Waals surface area contributed by atoms with Crippen LogP contribution in [0.1, 0.15) is 0 Å². The van der Waals surface area contributed by atoms with Crippen LogP contribution < -0.4 is 0 Å². The molecular formula is C12H12O5. The van der Waals surface area contributed by atoms with E-state index >= 15 is 0 Å².